The number of hydrogen-bond acceptors (Lipinski definition) is 5. The second-order valence-electron chi connectivity index (χ2n) is 5.05. The Morgan fingerprint density at radius 2 is 2.12 bits per heavy atom. The summed E-state index contributed by atoms with van der Waals surface area (Å²) in [6, 6.07) is 12.9. The minimum absolute atomic E-state index is 0.0655. The molecule has 25 heavy (non-hydrogen) atoms. The lowest BCUT2D eigenvalue weighted by atomic mass is 10.2. The van der Waals surface area contributed by atoms with Crippen molar-refractivity contribution in [3.8, 4) is 22.9 Å². The highest BCUT2D eigenvalue weighted by molar-refractivity contribution is 9.10. The van der Waals surface area contributed by atoms with E-state index in [1.165, 1.54) is 0 Å². The van der Waals surface area contributed by atoms with Crippen LogP contribution in [0.3, 0.4) is 0 Å². The lowest BCUT2D eigenvalue weighted by molar-refractivity contribution is 0.318. The Morgan fingerprint density at radius 1 is 1.36 bits per heavy atom. The van der Waals surface area contributed by atoms with Crippen LogP contribution in [0, 0.1) is 4.77 Å². The van der Waals surface area contributed by atoms with E-state index in [4.69, 9.17) is 17.0 Å². The van der Waals surface area contributed by atoms with Crippen molar-refractivity contribution in [2.45, 2.75) is 6.92 Å². The van der Waals surface area contributed by atoms with E-state index < -0.39 is 0 Å². The molecule has 2 aromatic carbocycles. The third-order valence-corrected chi connectivity index (χ3v) is 4.32. The van der Waals surface area contributed by atoms with Gasteiger partial charge in [-0.25, -0.2) is 5.10 Å². The van der Waals surface area contributed by atoms with Crippen LogP contribution in [-0.2, 0) is 0 Å². The summed E-state index contributed by atoms with van der Waals surface area (Å²) in [6.45, 7) is 2.31. The summed E-state index contributed by atoms with van der Waals surface area (Å²) in [4.78, 5) is 0. The number of halogens is 1. The maximum absolute atomic E-state index is 9.90. The lowest BCUT2D eigenvalue weighted by Crippen LogP contribution is -1.97. The molecule has 0 fully saturated rings. The molecule has 2 N–H and O–H groups in total. The summed E-state index contributed by atoms with van der Waals surface area (Å²) in [5.74, 6) is 1.07. The SMILES string of the molecule is CCOc1cc(/C=N\n2c(-c3ccccc3)n[nH]c2=S)c(Br)cc1O. The Balaban J connectivity index is 2.00. The molecule has 1 heterocycles. The standard InChI is InChI=1S/C17H15BrN4O2S/c1-2-24-15-8-12(13(18)9-14(15)23)10-19-22-16(20-21-17(22)25)11-6-4-3-5-7-11/h3-10,23H,2H2,1H3,(H,21,25)/b19-10-. The van der Waals surface area contributed by atoms with Crippen LogP contribution in [0.25, 0.3) is 11.4 Å². The smallest absolute Gasteiger partial charge is 0.216 e. The van der Waals surface area contributed by atoms with Crippen LogP contribution in [-0.4, -0.2) is 32.8 Å². The molecule has 8 heteroatoms. The van der Waals surface area contributed by atoms with Crippen molar-refractivity contribution >= 4 is 34.4 Å². The van der Waals surface area contributed by atoms with Crippen LogP contribution < -0.4 is 4.74 Å². The zero-order chi connectivity index (χ0) is 17.8. The van der Waals surface area contributed by atoms with Crippen molar-refractivity contribution in [1.29, 1.82) is 0 Å². The first-order valence-corrected chi connectivity index (χ1v) is 8.72. The molecule has 0 aliphatic carbocycles. The number of phenolic OH excluding ortho intramolecular Hbond substituents is 1. The molecule has 6 nitrogen and oxygen atoms in total. The van der Waals surface area contributed by atoms with Crippen LogP contribution in [0.1, 0.15) is 12.5 Å². The van der Waals surface area contributed by atoms with Crippen LogP contribution in [0.5, 0.6) is 11.5 Å². The summed E-state index contributed by atoms with van der Waals surface area (Å²) in [5, 5.41) is 21.3. The van der Waals surface area contributed by atoms with Gasteiger partial charge in [-0.3, -0.25) is 0 Å². The normalized spacial score (nSPS) is 11.1. The fraction of sp³-hybridized carbons (Fsp3) is 0.118. The third-order valence-electron chi connectivity index (χ3n) is 3.37. The molecule has 0 spiro atoms. The molecular formula is C17H15BrN4O2S. The fourth-order valence-electron chi connectivity index (χ4n) is 2.22. The molecule has 1 aromatic heterocycles. The van der Waals surface area contributed by atoms with Crippen LogP contribution in [0.4, 0.5) is 0 Å². The third kappa shape index (κ3) is 3.80. The Hall–Kier alpha value is -2.45. The van der Waals surface area contributed by atoms with Crippen molar-refractivity contribution in [3.63, 3.8) is 0 Å². The largest absolute Gasteiger partial charge is 0.504 e. The van der Waals surface area contributed by atoms with Crippen LogP contribution >= 0.6 is 28.1 Å². The van der Waals surface area contributed by atoms with Gasteiger partial charge in [0.25, 0.3) is 0 Å². The minimum Gasteiger partial charge on any atom is -0.504 e. The van der Waals surface area contributed by atoms with E-state index in [9.17, 15) is 5.11 Å². The van der Waals surface area contributed by atoms with Gasteiger partial charge in [-0.15, -0.1) is 0 Å². The Kier molecular flexibility index (Phi) is 5.30. The van der Waals surface area contributed by atoms with E-state index >= 15 is 0 Å². The molecule has 128 valence electrons. The van der Waals surface area contributed by atoms with Gasteiger partial charge in [0.1, 0.15) is 0 Å². The molecule has 0 aliphatic rings. The molecule has 0 saturated heterocycles. The summed E-state index contributed by atoms with van der Waals surface area (Å²) in [7, 11) is 0. The molecule has 0 saturated carbocycles. The second kappa shape index (κ2) is 7.62. The molecule has 0 aliphatic heterocycles. The Bertz CT molecular complexity index is 967. The van der Waals surface area contributed by atoms with Gasteiger partial charge >= 0.3 is 0 Å². The quantitative estimate of drug-likeness (QED) is 0.476. The number of nitrogens with one attached hydrogen (secondary N) is 1. The van der Waals surface area contributed by atoms with E-state index in [-0.39, 0.29) is 5.75 Å². The van der Waals surface area contributed by atoms with Crippen LogP contribution in [0.15, 0.2) is 52.0 Å². The number of benzene rings is 2. The van der Waals surface area contributed by atoms with E-state index in [1.54, 1.807) is 23.0 Å². The molecule has 0 amide bonds. The highest BCUT2D eigenvalue weighted by Gasteiger charge is 2.09. The average Bonchev–Trinajstić information content (AvgIpc) is 2.98. The van der Waals surface area contributed by atoms with Gasteiger partial charge in [0.05, 0.1) is 12.8 Å². The number of aromatic nitrogens is 3. The maximum Gasteiger partial charge on any atom is 0.216 e. The molecule has 0 bridgehead atoms. The van der Waals surface area contributed by atoms with E-state index in [2.05, 4.69) is 31.2 Å². The number of nitrogens with zero attached hydrogens (tertiary/aromatic N) is 3. The summed E-state index contributed by atoms with van der Waals surface area (Å²) in [5.41, 5.74) is 1.63. The van der Waals surface area contributed by atoms with Crippen molar-refractivity contribution in [2.75, 3.05) is 6.61 Å². The van der Waals surface area contributed by atoms with Gasteiger partial charge in [-0.1, -0.05) is 30.3 Å². The first kappa shape index (κ1) is 17.4. The zero-order valence-electron chi connectivity index (χ0n) is 13.3. The van der Waals surface area contributed by atoms with E-state index in [0.717, 1.165) is 11.1 Å². The molecule has 0 radical (unpaired) electrons. The summed E-state index contributed by atoms with van der Waals surface area (Å²) >= 11 is 8.68. The minimum atomic E-state index is 0.0655. The maximum atomic E-state index is 9.90. The van der Waals surface area contributed by atoms with Gasteiger partial charge in [-0.2, -0.15) is 14.9 Å². The van der Waals surface area contributed by atoms with Gasteiger partial charge in [-0.05, 0) is 47.2 Å². The number of phenols is 1. The van der Waals surface area contributed by atoms with Gasteiger partial charge in [0.15, 0.2) is 17.3 Å². The average molecular weight is 419 g/mol. The lowest BCUT2D eigenvalue weighted by Gasteiger charge is -2.08. The number of rotatable bonds is 5. The van der Waals surface area contributed by atoms with Gasteiger partial charge < -0.3 is 9.84 Å². The molecule has 3 rings (SSSR count). The van der Waals surface area contributed by atoms with E-state index in [1.807, 2.05) is 37.3 Å². The molecule has 3 aromatic rings. The molecular weight excluding hydrogens is 404 g/mol. The second-order valence-corrected chi connectivity index (χ2v) is 6.29. The first-order valence-electron chi connectivity index (χ1n) is 7.52. The van der Waals surface area contributed by atoms with Crippen molar-refractivity contribution < 1.29 is 9.84 Å². The monoisotopic (exact) mass is 418 g/mol. The fourth-order valence-corrected chi connectivity index (χ4v) is 2.83. The van der Waals surface area contributed by atoms with Gasteiger partial charge in [0.2, 0.25) is 4.77 Å². The molecule has 0 atom stereocenters. The first-order chi connectivity index (χ1) is 12.1. The predicted octanol–water partition coefficient (Wildman–Crippen LogP) is 4.36. The predicted molar refractivity (Wildman–Crippen MR) is 103 cm³/mol. The Morgan fingerprint density at radius 3 is 2.84 bits per heavy atom. The van der Waals surface area contributed by atoms with Crippen molar-refractivity contribution in [1.82, 2.24) is 14.9 Å². The highest BCUT2D eigenvalue weighted by Crippen LogP contribution is 2.32. The summed E-state index contributed by atoms with van der Waals surface area (Å²) < 4.78 is 8.03. The zero-order valence-corrected chi connectivity index (χ0v) is 15.7. The topological polar surface area (TPSA) is 75.4 Å². The highest BCUT2D eigenvalue weighted by atomic mass is 79.9. The number of hydrogen-bond donors (Lipinski definition) is 2. The number of H-pyrrole nitrogens is 1. The van der Waals surface area contributed by atoms with Crippen molar-refractivity contribution in [2.24, 2.45) is 5.10 Å². The number of aromatic hydroxyl groups is 1. The number of aromatic amines is 1. The summed E-state index contributed by atoms with van der Waals surface area (Å²) in [6.07, 6.45) is 1.63. The van der Waals surface area contributed by atoms with E-state index in [0.29, 0.717) is 27.4 Å². The number of ether oxygens (including phenoxy) is 1. The molecule has 0 unspecified atom stereocenters. The van der Waals surface area contributed by atoms with Crippen molar-refractivity contribution in [3.05, 3.63) is 57.3 Å². The van der Waals surface area contributed by atoms with Crippen LogP contribution in [0.2, 0.25) is 0 Å². The van der Waals surface area contributed by atoms with Gasteiger partial charge in [0, 0.05) is 15.6 Å². The Labute approximate surface area is 157 Å².